The number of hydrogen-bond donors (Lipinski definition) is 2. The summed E-state index contributed by atoms with van der Waals surface area (Å²) < 4.78 is 44.7. The Morgan fingerprint density at radius 2 is 1.84 bits per heavy atom. The lowest BCUT2D eigenvalue weighted by molar-refractivity contribution is -0.117. The quantitative estimate of drug-likeness (QED) is 0.555. The fraction of sp³-hybridized carbons (Fsp3) is 0.381. The molecule has 2 aromatic carbocycles. The minimum absolute atomic E-state index is 0.0137. The second-order valence-electron chi connectivity index (χ2n) is 6.71. The van der Waals surface area contributed by atoms with Crippen LogP contribution in [0.4, 0.5) is 5.69 Å². The highest BCUT2D eigenvalue weighted by Gasteiger charge is 2.27. The summed E-state index contributed by atoms with van der Waals surface area (Å²) in [6.45, 7) is 3.20. The minimum atomic E-state index is -3.95. The molecule has 1 atom stereocenters. The first-order valence-corrected chi connectivity index (χ1v) is 12.8. The fourth-order valence-corrected chi connectivity index (χ4v) is 4.67. The first kappa shape index (κ1) is 23.2. The molecule has 1 amide bonds. The lowest BCUT2D eigenvalue weighted by atomic mass is 10.2. The van der Waals surface area contributed by atoms with Crippen LogP contribution in [0.1, 0.15) is 13.3 Å². The van der Waals surface area contributed by atoms with Crippen molar-refractivity contribution in [1.29, 1.82) is 0 Å². The van der Waals surface area contributed by atoms with Gasteiger partial charge in [0.25, 0.3) is 0 Å². The van der Waals surface area contributed by atoms with E-state index in [1.165, 1.54) is 23.9 Å². The Hall–Kier alpha value is -2.43. The van der Waals surface area contributed by atoms with E-state index in [2.05, 4.69) is 10.0 Å². The summed E-state index contributed by atoms with van der Waals surface area (Å²) in [6, 6.07) is 10.4. The Morgan fingerprint density at radius 3 is 2.52 bits per heavy atom. The highest BCUT2D eigenvalue weighted by Crippen LogP contribution is 2.32. The zero-order valence-electron chi connectivity index (χ0n) is 17.4. The van der Waals surface area contributed by atoms with Gasteiger partial charge in [-0.2, -0.15) is 16.5 Å². The van der Waals surface area contributed by atoms with Crippen LogP contribution in [-0.2, 0) is 14.8 Å². The van der Waals surface area contributed by atoms with Gasteiger partial charge in [0.05, 0.1) is 11.5 Å². The third kappa shape index (κ3) is 6.28. The standard InChI is InChI=1S/C21H26N2O6S2/c1-3-27-16-6-4-15(5-7-16)22-21(24)18(10-13-30-2)23-31(25,26)17-8-9-19-20(14-17)29-12-11-28-19/h4-9,14,18,23H,3,10-13H2,1-2H3,(H,22,24). The SMILES string of the molecule is CCOc1ccc(NC(=O)C(CCSC)NS(=O)(=O)c2ccc3c(c2)OCCO3)cc1. The summed E-state index contributed by atoms with van der Waals surface area (Å²) in [5, 5.41) is 2.77. The minimum Gasteiger partial charge on any atom is -0.494 e. The Balaban J connectivity index is 1.74. The number of thioether (sulfide) groups is 1. The second kappa shape index (κ2) is 10.7. The van der Waals surface area contributed by atoms with E-state index < -0.39 is 22.0 Å². The predicted octanol–water partition coefficient (Wildman–Crippen LogP) is 2.90. The molecule has 8 nitrogen and oxygen atoms in total. The topological polar surface area (TPSA) is 103 Å². The molecule has 1 aliphatic rings. The molecule has 0 bridgehead atoms. The van der Waals surface area contributed by atoms with E-state index in [0.29, 0.717) is 54.9 Å². The van der Waals surface area contributed by atoms with Gasteiger partial charge in [-0.1, -0.05) is 0 Å². The predicted molar refractivity (Wildman–Crippen MR) is 121 cm³/mol. The molecular formula is C21H26N2O6S2. The Morgan fingerprint density at radius 1 is 1.13 bits per heavy atom. The van der Waals surface area contributed by atoms with Crippen LogP contribution < -0.4 is 24.2 Å². The lowest BCUT2D eigenvalue weighted by Crippen LogP contribution is -2.44. The summed E-state index contributed by atoms with van der Waals surface area (Å²) >= 11 is 1.53. The van der Waals surface area contributed by atoms with E-state index in [0.717, 1.165) is 0 Å². The van der Waals surface area contributed by atoms with E-state index in [9.17, 15) is 13.2 Å². The number of rotatable bonds is 10. The number of anilines is 1. The van der Waals surface area contributed by atoms with Gasteiger partial charge in [0.15, 0.2) is 11.5 Å². The van der Waals surface area contributed by atoms with Crippen LogP contribution in [0.5, 0.6) is 17.2 Å². The molecule has 10 heteroatoms. The molecule has 168 valence electrons. The number of amides is 1. The summed E-state index contributed by atoms with van der Waals surface area (Å²) in [4.78, 5) is 12.9. The average Bonchev–Trinajstić information content (AvgIpc) is 2.77. The molecule has 1 heterocycles. The summed E-state index contributed by atoms with van der Waals surface area (Å²) in [5.41, 5.74) is 0.557. The Kier molecular flexibility index (Phi) is 8.05. The van der Waals surface area contributed by atoms with Crippen molar-refractivity contribution >= 4 is 33.4 Å². The zero-order valence-corrected chi connectivity index (χ0v) is 19.1. The van der Waals surface area contributed by atoms with E-state index in [-0.39, 0.29) is 4.90 Å². The van der Waals surface area contributed by atoms with E-state index in [4.69, 9.17) is 14.2 Å². The van der Waals surface area contributed by atoms with Gasteiger partial charge in [-0.25, -0.2) is 8.42 Å². The smallest absolute Gasteiger partial charge is 0.242 e. The molecule has 31 heavy (non-hydrogen) atoms. The molecule has 0 saturated carbocycles. The molecule has 2 aromatic rings. The number of carbonyl (C=O) groups is 1. The highest BCUT2D eigenvalue weighted by molar-refractivity contribution is 7.98. The maximum Gasteiger partial charge on any atom is 0.242 e. The van der Waals surface area contributed by atoms with Crippen LogP contribution in [0, 0.1) is 0 Å². The van der Waals surface area contributed by atoms with Crippen LogP contribution in [0.2, 0.25) is 0 Å². The fourth-order valence-electron chi connectivity index (χ4n) is 2.96. The van der Waals surface area contributed by atoms with E-state index in [1.54, 1.807) is 30.3 Å². The van der Waals surface area contributed by atoms with Gasteiger partial charge in [0, 0.05) is 11.8 Å². The van der Waals surface area contributed by atoms with Gasteiger partial charge in [0.1, 0.15) is 25.0 Å². The Labute approximate surface area is 186 Å². The van der Waals surface area contributed by atoms with Gasteiger partial charge in [-0.15, -0.1) is 0 Å². The van der Waals surface area contributed by atoms with E-state index >= 15 is 0 Å². The monoisotopic (exact) mass is 466 g/mol. The first-order valence-electron chi connectivity index (χ1n) is 9.87. The number of nitrogens with one attached hydrogen (secondary N) is 2. The zero-order chi connectivity index (χ0) is 22.3. The largest absolute Gasteiger partial charge is 0.494 e. The van der Waals surface area contributed by atoms with Crippen LogP contribution in [0.3, 0.4) is 0 Å². The van der Waals surface area contributed by atoms with Crippen molar-refractivity contribution in [2.45, 2.75) is 24.3 Å². The van der Waals surface area contributed by atoms with Gasteiger partial charge >= 0.3 is 0 Å². The molecule has 0 aromatic heterocycles. The summed E-state index contributed by atoms with van der Waals surface area (Å²) in [5.74, 6) is 1.74. The maximum atomic E-state index is 13.0. The van der Waals surface area contributed by atoms with Crippen molar-refractivity contribution < 1.29 is 27.4 Å². The molecule has 0 aliphatic carbocycles. The molecule has 2 N–H and O–H groups in total. The number of fused-ring (bicyclic) bond motifs is 1. The van der Waals surface area contributed by atoms with Gasteiger partial charge < -0.3 is 19.5 Å². The number of sulfonamides is 1. The van der Waals surface area contributed by atoms with Crippen LogP contribution in [-0.4, -0.2) is 52.2 Å². The Bertz CT molecular complexity index is 995. The van der Waals surface area contributed by atoms with Crippen molar-refractivity contribution in [2.24, 2.45) is 0 Å². The summed E-state index contributed by atoms with van der Waals surface area (Å²) in [6.07, 6.45) is 2.24. The number of carbonyl (C=O) groups excluding carboxylic acids is 1. The van der Waals surface area contributed by atoms with Crippen molar-refractivity contribution in [3.05, 3.63) is 42.5 Å². The molecule has 3 rings (SSSR count). The van der Waals surface area contributed by atoms with Crippen molar-refractivity contribution in [3.63, 3.8) is 0 Å². The number of hydrogen-bond acceptors (Lipinski definition) is 7. The lowest BCUT2D eigenvalue weighted by Gasteiger charge is -2.21. The molecular weight excluding hydrogens is 440 g/mol. The molecule has 0 saturated heterocycles. The second-order valence-corrected chi connectivity index (χ2v) is 9.41. The van der Waals surface area contributed by atoms with Gasteiger partial charge in [-0.3, -0.25) is 4.79 Å². The molecule has 0 fully saturated rings. The van der Waals surface area contributed by atoms with Crippen LogP contribution in [0.25, 0.3) is 0 Å². The molecule has 1 unspecified atom stereocenters. The van der Waals surface area contributed by atoms with Gasteiger partial charge in [-0.05, 0) is 61.8 Å². The van der Waals surface area contributed by atoms with Crippen molar-refractivity contribution in [1.82, 2.24) is 4.72 Å². The van der Waals surface area contributed by atoms with Crippen molar-refractivity contribution in [3.8, 4) is 17.2 Å². The highest BCUT2D eigenvalue weighted by atomic mass is 32.2. The summed E-state index contributed by atoms with van der Waals surface area (Å²) in [7, 11) is -3.95. The normalized spacial score (nSPS) is 14.0. The number of ether oxygens (including phenoxy) is 3. The molecule has 0 radical (unpaired) electrons. The molecule has 0 spiro atoms. The van der Waals surface area contributed by atoms with E-state index in [1.807, 2.05) is 13.2 Å². The van der Waals surface area contributed by atoms with Crippen LogP contribution in [0.15, 0.2) is 47.4 Å². The third-order valence-corrected chi connectivity index (χ3v) is 6.59. The van der Waals surface area contributed by atoms with Crippen LogP contribution >= 0.6 is 11.8 Å². The average molecular weight is 467 g/mol. The van der Waals surface area contributed by atoms with Crippen molar-refractivity contribution in [2.75, 3.05) is 37.1 Å². The first-order chi connectivity index (χ1) is 14.9. The molecule has 1 aliphatic heterocycles. The number of benzene rings is 2. The maximum absolute atomic E-state index is 13.0. The third-order valence-electron chi connectivity index (χ3n) is 4.48. The van der Waals surface area contributed by atoms with Gasteiger partial charge in [0.2, 0.25) is 15.9 Å².